The van der Waals surface area contributed by atoms with E-state index in [2.05, 4.69) is 12.1 Å². The number of halogens is 1. The maximum Gasteiger partial charge on any atom is 0.227 e. The van der Waals surface area contributed by atoms with Crippen LogP contribution in [0.3, 0.4) is 0 Å². The van der Waals surface area contributed by atoms with E-state index in [1.54, 1.807) is 0 Å². The van der Waals surface area contributed by atoms with Gasteiger partial charge in [0.25, 0.3) is 0 Å². The van der Waals surface area contributed by atoms with Gasteiger partial charge in [-0.25, -0.2) is 0 Å². The molecule has 0 radical (unpaired) electrons. The normalized spacial score (nSPS) is 20.5. The van der Waals surface area contributed by atoms with Gasteiger partial charge in [0.15, 0.2) is 0 Å². The SMILES string of the molecule is O=C(Cc1ccc(Cl)cc1)N1CCCC(CCO)(c2ccccc2)C1. The Morgan fingerprint density at radius 2 is 1.84 bits per heavy atom. The van der Waals surface area contributed by atoms with Crippen molar-refractivity contribution in [2.24, 2.45) is 0 Å². The Labute approximate surface area is 154 Å². The fourth-order valence-electron chi connectivity index (χ4n) is 3.82. The lowest BCUT2D eigenvalue weighted by Crippen LogP contribution is -2.49. The van der Waals surface area contributed by atoms with Crippen molar-refractivity contribution in [3.63, 3.8) is 0 Å². The summed E-state index contributed by atoms with van der Waals surface area (Å²) in [4.78, 5) is 14.8. The molecule has 0 saturated carbocycles. The highest BCUT2D eigenvalue weighted by molar-refractivity contribution is 6.30. The third kappa shape index (κ3) is 4.23. The van der Waals surface area contributed by atoms with Crippen molar-refractivity contribution in [3.05, 3.63) is 70.7 Å². The molecule has 2 aromatic carbocycles. The predicted octanol–water partition coefficient (Wildman–Crippen LogP) is 3.83. The molecule has 1 fully saturated rings. The van der Waals surface area contributed by atoms with Gasteiger partial charge in [-0.3, -0.25) is 4.79 Å². The number of carbonyl (C=O) groups excluding carboxylic acids is 1. The van der Waals surface area contributed by atoms with Gasteiger partial charge >= 0.3 is 0 Å². The summed E-state index contributed by atoms with van der Waals surface area (Å²) in [7, 11) is 0. The van der Waals surface area contributed by atoms with E-state index < -0.39 is 0 Å². The minimum absolute atomic E-state index is 0.133. The number of hydrogen-bond donors (Lipinski definition) is 1. The first-order valence-corrected chi connectivity index (χ1v) is 9.19. The molecule has 1 N–H and O–H groups in total. The Kier molecular flexibility index (Phi) is 5.77. The first kappa shape index (κ1) is 18.0. The quantitative estimate of drug-likeness (QED) is 0.883. The van der Waals surface area contributed by atoms with Crippen LogP contribution in [0.15, 0.2) is 54.6 Å². The van der Waals surface area contributed by atoms with Crippen molar-refractivity contribution in [2.45, 2.75) is 31.1 Å². The van der Waals surface area contributed by atoms with Crippen molar-refractivity contribution in [1.29, 1.82) is 0 Å². The molecule has 3 rings (SSSR count). The fourth-order valence-corrected chi connectivity index (χ4v) is 3.95. The maximum atomic E-state index is 12.8. The number of amides is 1. The number of benzene rings is 2. The van der Waals surface area contributed by atoms with Crippen molar-refractivity contribution in [2.75, 3.05) is 19.7 Å². The van der Waals surface area contributed by atoms with Gasteiger partial charge in [0, 0.05) is 30.1 Å². The van der Waals surface area contributed by atoms with Crippen LogP contribution in [0.2, 0.25) is 5.02 Å². The molecule has 1 aliphatic rings. The van der Waals surface area contributed by atoms with E-state index in [-0.39, 0.29) is 17.9 Å². The fraction of sp³-hybridized carbons (Fsp3) is 0.381. The molecule has 1 heterocycles. The number of rotatable bonds is 5. The Morgan fingerprint density at radius 3 is 2.52 bits per heavy atom. The number of likely N-dealkylation sites (tertiary alicyclic amines) is 1. The predicted molar refractivity (Wildman–Crippen MR) is 101 cm³/mol. The second-order valence-electron chi connectivity index (χ2n) is 6.84. The van der Waals surface area contributed by atoms with Crippen LogP contribution in [-0.2, 0) is 16.6 Å². The van der Waals surface area contributed by atoms with Gasteiger partial charge in [0.2, 0.25) is 5.91 Å². The molecular weight excluding hydrogens is 334 g/mol. The van der Waals surface area contributed by atoms with Gasteiger partial charge < -0.3 is 10.0 Å². The van der Waals surface area contributed by atoms with E-state index in [1.807, 2.05) is 47.4 Å². The van der Waals surface area contributed by atoms with E-state index in [9.17, 15) is 9.90 Å². The van der Waals surface area contributed by atoms with Crippen LogP contribution in [0.4, 0.5) is 0 Å². The van der Waals surface area contributed by atoms with Crippen molar-refractivity contribution >= 4 is 17.5 Å². The first-order valence-electron chi connectivity index (χ1n) is 8.82. The van der Waals surface area contributed by atoms with Crippen LogP contribution in [-0.4, -0.2) is 35.6 Å². The molecule has 1 amide bonds. The summed E-state index contributed by atoms with van der Waals surface area (Å²) in [6, 6.07) is 17.7. The van der Waals surface area contributed by atoms with Crippen LogP contribution in [0.25, 0.3) is 0 Å². The molecule has 132 valence electrons. The lowest BCUT2D eigenvalue weighted by Gasteiger charge is -2.43. The lowest BCUT2D eigenvalue weighted by atomic mass is 9.72. The Morgan fingerprint density at radius 1 is 1.12 bits per heavy atom. The number of piperidine rings is 1. The summed E-state index contributed by atoms with van der Waals surface area (Å²) in [6.07, 6.45) is 3.03. The van der Waals surface area contributed by atoms with Gasteiger partial charge in [-0.05, 0) is 42.5 Å². The molecule has 1 saturated heterocycles. The average Bonchev–Trinajstić information content (AvgIpc) is 2.65. The van der Waals surface area contributed by atoms with Gasteiger partial charge in [-0.2, -0.15) is 0 Å². The van der Waals surface area contributed by atoms with E-state index in [4.69, 9.17) is 11.6 Å². The van der Waals surface area contributed by atoms with Gasteiger partial charge in [0.05, 0.1) is 6.42 Å². The topological polar surface area (TPSA) is 40.5 Å². The zero-order valence-electron chi connectivity index (χ0n) is 14.3. The minimum Gasteiger partial charge on any atom is -0.396 e. The molecule has 2 aromatic rings. The Bertz CT molecular complexity index is 698. The summed E-state index contributed by atoms with van der Waals surface area (Å²) in [6.45, 7) is 1.59. The zero-order chi connectivity index (χ0) is 17.7. The van der Waals surface area contributed by atoms with Crippen molar-refractivity contribution in [1.82, 2.24) is 4.90 Å². The molecule has 3 nitrogen and oxygen atoms in total. The zero-order valence-corrected chi connectivity index (χ0v) is 15.1. The highest BCUT2D eigenvalue weighted by atomic mass is 35.5. The molecule has 0 spiro atoms. The van der Waals surface area contributed by atoms with Crippen LogP contribution >= 0.6 is 11.6 Å². The summed E-state index contributed by atoms with van der Waals surface area (Å²) >= 11 is 5.92. The van der Waals surface area contributed by atoms with Crippen LogP contribution in [0, 0.1) is 0 Å². The smallest absolute Gasteiger partial charge is 0.227 e. The second-order valence-corrected chi connectivity index (χ2v) is 7.28. The van der Waals surface area contributed by atoms with Crippen molar-refractivity contribution < 1.29 is 9.90 Å². The summed E-state index contributed by atoms with van der Waals surface area (Å²) in [5, 5.41) is 10.3. The molecule has 1 atom stereocenters. The van der Waals surface area contributed by atoms with Gasteiger partial charge in [-0.15, -0.1) is 0 Å². The van der Waals surface area contributed by atoms with E-state index >= 15 is 0 Å². The summed E-state index contributed by atoms with van der Waals surface area (Å²) in [5.74, 6) is 0.139. The molecule has 1 aliphatic heterocycles. The standard InChI is InChI=1S/C21H24ClNO2/c22-19-9-7-17(8-10-19)15-20(25)23-13-4-11-21(16-23,12-14-24)18-5-2-1-3-6-18/h1-3,5-10,24H,4,11-16H2. The van der Waals surface area contributed by atoms with Crippen LogP contribution < -0.4 is 0 Å². The third-order valence-electron chi connectivity index (χ3n) is 5.17. The molecule has 4 heteroatoms. The molecule has 0 aromatic heterocycles. The molecule has 25 heavy (non-hydrogen) atoms. The minimum atomic E-state index is -0.149. The molecular formula is C21H24ClNO2. The van der Waals surface area contributed by atoms with Gasteiger partial charge in [-0.1, -0.05) is 54.1 Å². The number of aliphatic hydroxyl groups is 1. The van der Waals surface area contributed by atoms with E-state index in [0.717, 1.165) is 24.9 Å². The summed E-state index contributed by atoms with van der Waals surface area (Å²) < 4.78 is 0. The lowest BCUT2D eigenvalue weighted by molar-refractivity contribution is -0.133. The van der Waals surface area contributed by atoms with Crippen LogP contribution in [0.5, 0.6) is 0 Å². The molecule has 0 bridgehead atoms. The van der Waals surface area contributed by atoms with Crippen molar-refractivity contribution in [3.8, 4) is 0 Å². The average molecular weight is 358 g/mol. The van der Waals surface area contributed by atoms with E-state index in [1.165, 1.54) is 5.56 Å². The highest BCUT2D eigenvalue weighted by Gasteiger charge is 2.37. The largest absolute Gasteiger partial charge is 0.396 e. The monoisotopic (exact) mass is 357 g/mol. The molecule has 0 aliphatic carbocycles. The third-order valence-corrected chi connectivity index (χ3v) is 5.43. The highest BCUT2D eigenvalue weighted by Crippen LogP contribution is 2.37. The summed E-state index contributed by atoms with van der Waals surface area (Å²) in [5.41, 5.74) is 2.05. The Hall–Kier alpha value is -1.84. The Balaban J connectivity index is 1.76. The van der Waals surface area contributed by atoms with E-state index in [0.29, 0.717) is 24.4 Å². The number of aliphatic hydroxyl groups excluding tert-OH is 1. The van der Waals surface area contributed by atoms with Crippen LogP contribution in [0.1, 0.15) is 30.4 Å². The molecule has 1 unspecified atom stereocenters. The number of carbonyl (C=O) groups is 1. The van der Waals surface area contributed by atoms with Gasteiger partial charge in [0.1, 0.15) is 0 Å². The number of nitrogens with zero attached hydrogens (tertiary/aromatic N) is 1. The second kappa shape index (κ2) is 8.03. The maximum absolute atomic E-state index is 12.8. The first-order chi connectivity index (χ1) is 12.1. The number of hydrogen-bond acceptors (Lipinski definition) is 2.